The van der Waals surface area contributed by atoms with Crippen LogP contribution in [-0.4, -0.2) is 44.7 Å². The van der Waals surface area contributed by atoms with Gasteiger partial charge < -0.3 is 10.0 Å². The second kappa shape index (κ2) is 9.33. The normalized spacial score (nSPS) is 12.5. The molecule has 1 amide bonds. The summed E-state index contributed by atoms with van der Waals surface area (Å²) in [5.41, 5.74) is 3.74. The van der Waals surface area contributed by atoms with E-state index in [2.05, 4.69) is 0 Å². The third kappa shape index (κ3) is 4.15. The first-order chi connectivity index (χ1) is 13.7. The van der Waals surface area contributed by atoms with Crippen LogP contribution in [0.1, 0.15) is 32.3 Å². The monoisotopic (exact) mass is 377 g/mol. The van der Waals surface area contributed by atoms with Gasteiger partial charge in [-0.25, -0.2) is 4.52 Å². The predicted molar refractivity (Wildman–Crippen MR) is 113 cm³/mol. The Balaban J connectivity index is 1.98. The molecule has 0 fully saturated rings. The SMILES string of the molecule is CCC(CCO)N(CC)C(=O)/C=C/c1c(-c2ccccc2)nn2ccccc12. The molecule has 0 aliphatic heterocycles. The molecule has 0 bridgehead atoms. The van der Waals surface area contributed by atoms with Crippen LogP contribution >= 0.6 is 0 Å². The lowest BCUT2D eigenvalue weighted by molar-refractivity contribution is -0.128. The van der Waals surface area contributed by atoms with Gasteiger partial charge in [-0.3, -0.25) is 4.79 Å². The average molecular weight is 377 g/mol. The number of aliphatic hydroxyl groups excluding tert-OH is 1. The number of nitrogens with zero attached hydrogens (tertiary/aromatic N) is 3. The molecule has 28 heavy (non-hydrogen) atoms. The van der Waals surface area contributed by atoms with Crippen molar-refractivity contribution in [2.75, 3.05) is 13.2 Å². The van der Waals surface area contributed by atoms with E-state index in [0.717, 1.165) is 28.8 Å². The van der Waals surface area contributed by atoms with Crippen molar-refractivity contribution in [2.45, 2.75) is 32.7 Å². The molecule has 3 aromatic rings. The van der Waals surface area contributed by atoms with Gasteiger partial charge >= 0.3 is 0 Å². The molecule has 146 valence electrons. The van der Waals surface area contributed by atoms with E-state index in [9.17, 15) is 9.90 Å². The van der Waals surface area contributed by atoms with Gasteiger partial charge in [-0.2, -0.15) is 5.10 Å². The van der Waals surface area contributed by atoms with E-state index < -0.39 is 0 Å². The van der Waals surface area contributed by atoms with Gasteiger partial charge in [0, 0.05) is 42.6 Å². The lowest BCUT2D eigenvalue weighted by atomic mass is 10.1. The van der Waals surface area contributed by atoms with Gasteiger partial charge in [-0.15, -0.1) is 0 Å². The lowest BCUT2D eigenvalue weighted by Gasteiger charge is -2.28. The summed E-state index contributed by atoms with van der Waals surface area (Å²) in [4.78, 5) is 14.7. The van der Waals surface area contributed by atoms with Crippen LogP contribution in [0.25, 0.3) is 22.9 Å². The Morgan fingerprint density at radius 1 is 1.18 bits per heavy atom. The molecule has 2 aromatic heterocycles. The van der Waals surface area contributed by atoms with E-state index in [4.69, 9.17) is 5.10 Å². The van der Waals surface area contributed by atoms with Crippen LogP contribution in [0.15, 0.2) is 60.8 Å². The van der Waals surface area contributed by atoms with Crippen LogP contribution in [0.5, 0.6) is 0 Å². The Bertz CT molecular complexity index is 947. The molecular weight excluding hydrogens is 350 g/mol. The van der Waals surface area contributed by atoms with E-state index in [0.29, 0.717) is 13.0 Å². The van der Waals surface area contributed by atoms with Crippen molar-refractivity contribution in [3.8, 4) is 11.3 Å². The smallest absolute Gasteiger partial charge is 0.246 e. The van der Waals surface area contributed by atoms with Gasteiger partial charge in [0.1, 0.15) is 5.69 Å². The number of aliphatic hydroxyl groups is 1. The molecule has 0 spiro atoms. The van der Waals surface area contributed by atoms with Gasteiger partial charge in [0.25, 0.3) is 0 Å². The Morgan fingerprint density at radius 3 is 2.61 bits per heavy atom. The number of carbonyl (C=O) groups excluding carboxylic acids is 1. The first kappa shape index (κ1) is 19.8. The molecule has 1 unspecified atom stereocenters. The Kier molecular flexibility index (Phi) is 6.61. The molecular formula is C23H27N3O2. The predicted octanol–water partition coefficient (Wildman–Crippen LogP) is 4.02. The number of benzene rings is 1. The van der Waals surface area contributed by atoms with E-state index in [-0.39, 0.29) is 18.6 Å². The van der Waals surface area contributed by atoms with Crippen molar-refractivity contribution < 1.29 is 9.90 Å². The number of aromatic nitrogens is 2. The molecule has 1 aromatic carbocycles. The average Bonchev–Trinajstić information content (AvgIpc) is 3.11. The van der Waals surface area contributed by atoms with Gasteiger partial charge in [-0.05, 0) is 38.0 Å². The van der Waals surface area contributed by atoms with Crippen LogP contribution in [-0.2, 0) is 4.79 Å². The zero-order valence-electron chi connectivity index (χ0n) is 16.5. The maximum atomic E-state index is 12.9. The topological polar surface area (TPSA) is 57.8 Å². The molecule has 0 aliphatic rings. The highest BCUT2D eigenvalue weighted by atomic mass is 16.3. The Morgan fingerprint density at radius 2 is 1.93 bits per heavy atom. The minimum Gasteiger partial charge on any atom is -0.396 e. The molecule has 5 heteroatoms. The minimum atomic E-state index is -0.0444. The van der Waals surface area contributed by atoms with Crippen molar-refractivity contribution in [3.63, 3.8) is 0 Å². The summed E-state index contributed by atoms with van der Waals surface area (Å²) in [6.07, 6.45) is 6.81. The fourth-order valence-corrected chi connectivity index (χ4v) is 3.57. The number of likely N-dealkylation sites (N-methyl/N-ethyl adjacent to an activating group) is 1. The number of fused-ring (bicyclic) bond motifs is 1. The molecule has 2 heterocycles. The van der Waals surface area contributed by atoms with Crippen molar-refractivity contribution in [1.29, 1.82) is 0 Å². The molecule has 0 radical (unpaired) electrons. The fraction of sp³-hybridized carbons (Fsp3) is 0.304. The van der Waals surface area contributed by atoms with Crippen LogP contribution in [0.3, 0.4) is 0 Å². The number of rotatable bonds is 8. The zero-order chi connectivity index (χ0) is 19.9. The second-order valence-corrected chi connectivity index (χ2v) is 6.69. The first-order valence-electron chi connectivity index (χ1n) is 9.81. The van der Waals surface area contributed by atoms with E-state index in [1.165, 1.54) is 0 Å². The highest BCUT2D eigenvalue weighted by Gasteiger charge is 2.19. The molecule has 0 saturated heterocycles. The van der Waals surface area contributed by atoms with E-state index in [1.807, 2.05) is 84.1 Å². The van der Waals surface area contributed by atoms with Crippen LogP contribution in [0.2, 0.25) is 0 Å². The van der Waals surface area contributed by atoms with E-state index in [1.54, 1.807) is 6.08 Å². The van der Waals surface area contributed by atoms with Crippen LogP contribution in [0, 0.1) is 0 Å². The summed E-state index contributed by atoms with van der Waals surface area (Å²) in [7, 11) is 0. The summed E-state index contributed by atoms with van der Waals surface area (Å²) in [6, 6.07) is 15.9. The summed E-state index contributed by atoms with van der Waals surface area (Å²) in [6.45, 7) is 4.70. The summed E-state index contributed by atoms with van der Waals surface area (Å²) >= 11 is 0. The van der Waals surface area contributed by atoms with Crippen LogP contribution < -0.4 is 0 Å². The molecule has 3 rings (SSSR count). The highest BCUT2D eigenvalue weighted by molar-refractivity contribution is 5.95. The Hall–Kier alpha value is -2.92. The van der Waals surface area contributed by atoms with Crippen molar-refractivity contribution >= 4 is 17.5 Å². The number of amides is 1. The van der Waals surface area contributed by atoms with Gasteiger partial charge in [0.15, 0.2) is 0 Å². The maximum absolute atomic E-state index is 12.9. The third-order valence-electron chi connectivity index (χ3n) is 5.02. The molecule has 0 saturated carbocycles. The van der Waals surface area contributed by atoms with Gasteiger partial charge in [0.2, 0.25) is 5.91 Å². The summed E-state index contributed by atoms with van der Waals surface area (Å²) in [5.74, 6) is -0.0444. The molecule has 0 aliphatic carbocycles. The quantitative estimate of drug-likeness (QED) is 0.603. The van der Waals surface area contributed by atoms with Crippen LogP contribution in [0.4, 0.5) is 0 Å². The van der Waals surface area contributed by atoms with Gasteiger partial charge in [0.05, 0.1) is 5.52 Å². The standard InChI is InChI=1S/C23H27N3O2/c1-3-19(15-17-27)25(4-2)22(28)14-13-20-21-12-8-9-16-26(21)24-23(20)18-10-6-5-7-11-18/h5-14,16,19,27H,3-4,15,17H2,1-2H3/b14-13+. The zero-order valence-corrected chi connectivity index (χ0v) is 16.5. The first-order valence-corrected chi connectivity index (χ1v) is 9.81. The number of pyridine rings is 1. The third-order valence-corrected chi connectivity index (χ3v) is 5.02. The van der Waals surface area contributed by atoms with Crippen molar-refractivity contribution in [2.24, 2.45) is 0 Å². The molecule has 1 N–H and O–H groups in total. The number of hydrogen-bond donors (Lipinski definition) is 1. The van der Waals surface area contributed by atoms with Gasteiger partial charge in [-0.1, -0.05) is 43.3 Å². The van der Waals surface area contributed by atoms with Crippen molar-refractivity contribution in [1.82, 2.24) is 14.5 Å². The lowest BCUT2D eigenvalue weighted by Crippen LogP contribution is -2.39. The second-order valence-electron chi connectivity index (χ2n) is 6.69. The molecule has 1 atom stereocenters. The minimum absolute atomic E-state index is 0.0444. The molecule has 5 nitrogen and oxygen atoms in total. The van der Waals surface area contributed by atoms with Crippen molar-refractivity contribution in [3.05, 3.63) is 66.4 Å². The maximum Gasteiger partial charge on any atom is 0.246 e. The Labute approximate surface area is 165 Å². The summed E-state index contributed by atoms with van der Waals surface area (Å²) < 4.78 is 1.84. The fourth-order valence-electron chi connectivity index (χ4n) is 3.57. The summed E-state index contributed by atoms with van der Waals surface area (Å²) in [5, 5.41) is 14.0. The highest BCUT2D eigenvalue weighted by Crippen LogP contribution is 2.27. The largest absolute Gasteiger partial charge is 0.396 e. The number of hydrogen-bond acceptors (Lipinski definition) is 3. The number of carbonyl (C=O) groups is 1. The van der Waals surface area contributed by atoms with E-state index >= 15 is 0 Å².